The maximum atomic E-state index is 5.19. The Morgan fingerprint density at radius 3 is 2.16 bits per heavy atom. The van der Waals surface area contributed by atoms with Crippen LogP contribution in [0.2, 0.25) is 0 Å². The average Bonchev–Trinajstić information content (AvgIpc) is 2.47. The molecule has 0 aliphatic carbocycles. The summed E-state index contributed by atoms with van der Waals surface area (Å²) in [6.45, 7) is 4.06. The van der Waals surface area contributed by atoms with E-state index in [0.717, 1.165) is 23.3 Å². The van der Waals surface area contributed by atoms with Crippen molar-refractivity contribution in [3.05, 3.63) is 58.6 Å². The molecule has 0 bridgehead atoms. The molecule has 2 rings (SSSR count). The molecule has 0 amide bonds. The summed E-state index contributed by atoms with van der Waals surface area (Å²) in [5, 5.41) is 0. The topological polar surface area (TPSA) is 12.5 Å². The second kappa shape index (κ2) is 6.62. The monoisotopic (exact) mass is 319 g/mol. The van der Waals surface area contributed by atoms with Crippen molar-refractivity contribution in [1.82, 2.24) is 0 Å². The van der Waals surface area contributed by atoms with Crippen LogP contribution in [0.4, 0.5) is 5.69 Å². The van der Waals surface area contributed by atoms with Crippen molar-refractivity contribution in [2.24, 2.45) is 0 Å². The minimum absolute atomic E-state index is 0.892. The fourth-order valence-corrected chi connectivity index (χ4v) is 2.25. The molecule has 0 aromatic heterocycles. The molecule has 100 valence electrons. The molecule has 2 aromatic carbocycles. The van der Waals surface area contributed by atoms with Crippen LogP contribution in [0.5, 0.6) is 5.75 Å². The van der Waals surface area contributed by atoms with Gasteiger partial charge in [-0.2, -0.15) is 0 Å². The molecule has 0 unspecified atom stereocenters. The number of hydrogen-bond acceptors (Lipinski definition) is 2. The summed E-state index contributed by atoms with van der Waals surface area (Å²) in [6, 6.07) is 16.7. The Hall–Kier alpha value is -1.48. The van der Waals surface area contributed by atoms with Gasteiger partial charge in [-0.3, -0.25) is 0 Å². The summed E-state index contributed by atoms with van der Waals surface area (Å²) in [5.74, 6) is 0.892. The van der Waals surface area contributed by atoms with E-state index >= 15 is 0 Å². The molecule has 0 saturated heterocycles. The highest BCUT2D eigenvalue weighted by Gasteiger charge is 2.05. The molecule has 3 heteroatoms. The molecule has 0 N–H and O–H groups in total. The number of ether oxygens (including phenoxy) is 1. The van der Waals surface area contributed by atoms with Gasteiger partial charge in [-0.15, -0.1) is 0 Å². The summed E-state index contributed by atoms with van der Waals surface area (Å²) in [7, 11) is 1.69. The van der Waals surface area contributed by atoms with Crippen molar-refractivity contribution in [2.75, 3.05) is 18.6 Å². The van der Waals surface area contributed by atoms with Gasteiger partial charge in [0.15, 0.2) is 0 Å². The highest BCUT2D eigenvalue weighted by Crippen LogP contribution is 2.21. The number of hydrogen-bond donors (Lipinski definition) is 0. The molecule has 2 aromatic rings. The minimum atomic E-state index is 0.892. The first-order valence-corrected chi connectivity index (χ1v) is 7.15. The van der Waals surface area contributed by atoms with Gasteiger partial charge in [0.05, 0.1) is 7.11 Å². The fourth-order valence-electron chi connectivity index (χ4n) is 1.99. The van der Waals surface area contributed by atoms with Gasteiger partial charge in [-0.1, -0.05) is 28.1 Å². The molecule has 19 heavy (non-hydrogen) atoms. The standard InChI is InChI=1S/C16H18BrNO/c1-3-18(12-13-4-6-14(17)7-5-13)15-8-10-16(19-2)11-9-15/h4-11H,3,12H2,1-2H3. The van der Waals surface area contributed by atoms with Crippen LogP contribution in [0.3, 0.4) is 0 Å². The molecule has 0 saturated carbocycles. The van der Waals surface area contributed by atoms with Gasteiger partial charge < -0.3 is 9.64 Å². The Kier molecular flexibility index (Phi) is 4.86. The first-order valence-electron chi connectivity index (χ1n) is 6.36. The smallest absolute Gasteiger partial charge is 0.119 e. The van der Waals surface area contributed by atoms with E-state index in [4.69, 9.17) is 4.74 Å². The zero-order chi connectivity index (χ0) is 13.7. The minimum Gasteiger partial charge on any atom is -0.497 e. The third kappa shape index (κ3) is 3.74. The Morgan fingerprint density at radius 2 is 1.63 bits per heavy atom. The van der Waals surface area contributed by atoms with E-state index in [1.807, 2.05) is 12.1 Å². The van der Waals surface area contributed by atoms with Gasteiger partial charge in [0.1, 0.15) is 5.75 Å². The SMILES string of the molecule is CCN(Cc1ccc(Br)cc1)c1ccc(OC)cc1. The molecule has 0 heterocycles. The highest BCUT2D eigenvalue weighted by atomic mass is 79.9. The lowest BCUT2D eigenvalue weighted by molar-refractivity contribution is 0.415. The van der Waals surface area contributed by atoms with Crippen LogP contribution >= 0.6 is 15.9 Å². The summed E-state index contributed by atoms with van der Waals surface area (Å²) >= 11 is 3.46. The lowest BCUT2D eigenvalue weighted by Gasteiger charge is -2.23. The van der Waals surface area contributed by atoms with Crippen LogP contribution in [0.25, 0.3) is 0 Å². The number of anilines is 1. The molecule has 0 atom stereocenters. The number of benzene rings is 2. The second-order valence-corrected chi connectivity index (χ2v) is 5.25. The molecule has 0 radical (unpaired) electrons. The average molecular weight is 320 g/mol. The first kappa shape index (κ1) is 13.9. The van der Waals surface area contributed by atoms with Gasteiger partial charge >= 0.3 is 0 Å². The van der Waals surface area contributed by atoms with E-state index in [1.165, 1.54) is 11.3 Å². The van der Waals surface area contributed by atoms with E-state index in [1.54, 1.807) is 7.11 Å². The van der Waals surface area contributed by atoms with Crippen molar-refractivity contribution in [1.29, 1.82) is 0 Å². The fraction of sp³-hybridized carbons (Fsp3) is 0.250. The van der Waals surface area contributed by atoms with E-state index in [2.05, 4.69) is 64.2 Å². The number of methoxy groups -OCH3 is 1. The lowest BCUT2D eigenvalue weighted by atomic mass is 10.2. The maximum absolute atomic E-state index is 5.19. The van der Waals surface area contributed by atoms with Crippen LogP contribution < -0.4 is 9.64 Å². The molecule has 0 aliphatic rings. The van der Waals surface area contributed by atoms with E-state index in [-0.39, 0.29) is 0 Å². The summed E-state index contributed by atoms with van der Waals surface area (Å²) < 4.78 is 6.30. The predicted octanol–water partition coefficient (Wildman–Crippen LogP) is 4.48. The third-order valence-corrected chi connectivity index (χ3v) is 3.63. The zero-order valence-corrected chi connectivity index (χ0v) is 12.9. The molecular weight excluding hydrogens is 302 g/mol. The predicted molar refractivity (Wildman–Crippen MR) is 83.9 cm³/mol. The van der Waals surface area contributed by atoms with E-state index in [9.17, 15) is 0 Å². The van der Waals surface area contributed by atoms with Gasteiger partial charge in [0, 0.05) is 23.2 Å². The molecule has 0 fully saturated rings. The quantitative estimate of drug-likeness (QED) is 0.805. The van der Waals surface area contributed by atoms with Crippen LogP contribution in [0.1, 0.15) is 12.5 Å². The Balaban J connectivity index is 2.12. The van der Waals surface area contributed by atoms with Crippen LogP contribution in [0.15, 0.2) is 53.0 Å². The highest BCUT2D eigenvalue weighted by molar-refractivity contribution is 9.10. The van der Waals surface area contributed by atoms with Crippen molar-refractivity contribution in [2.45, 2.75) is 13.5 Å². The Labute approximate surface area is 123 Å². The Morgan fingerprint density at radius 1 is 1.00 bits per heavy atom. The second-order valence-electron chi connectivity index (χ2n) is 4.34. The maximum Gasteiger partial charge on any atom is 0.119 e. The molecule has 0 spiro atoms. The summed E-state index contributed by atoms with van der Waals surface area (Å²) in [6.07, 6.45) is 0. The number of rotatable bonds is 5. The zero-order valence-electron chi connectivity index (χ0n) is 11.3. The van der Waals surface area contributed by atoms with Gasteiger partial charge in [-0.25, -0.2) is 0 Å². The first-order chi connectivity index (χ1) is 9.22. The van der Waals surface area contributed by atoms with Gasteiger partial charge in [0.25, 0.3) is 0 Å². The van der Waals surface area contributed by atoms with E-state index < -0.39 is 0 Å². The van der Waals surface area contributed by atoms with Crippen molar-refractivity contribution in [3.8, 4) is 5.75 Å². The van der Waals surface area contributed by atoms with Crippen molar-refractivity contribution >= 4 is 21.6 Å². The summed E-state index contributed by atoms with van der Waals surface area (Å²) in [5.41, 5.74) is 2.52. The summed E-state index contributed by atoms with van der Waals surface area (Å²) in [4.78, 5) is 2.34. The van der Waals surface area contributed by atoms with E-state index in [0.29, 0.717) is 0 Å². The van der Waals surface area contributed by atoms with Crippen LogP contribution in [-0.2, 0) is 6.54 Å². The van der Waals surface area contributed by atoms with Crippen LogP contribution in [-0.4, -0.2) is 13.7 Å². The molecule has 0 aliphatic heterocycles. The van der Waals surface area contributed by atoms with Crippen molar-refractivity contribution < 1.29 is 4.74 Å². The molecular formula is C16H18BrNO. The largest absolute Gasteiger partial charge is 0.497 e. The normalized spacial score (nSPS) is 10.3. The number of nitrogens with zero attached hydrogens (tertiary/aromatic N) is 1. The number of halogens is 1. The van der Waals surface area contributed by atoms with Crippen LogP contribution in [0, 0.1) is 0 Å². The Bertz CT molecular complexity index is 507. The van der Waals surface area contributed by atoms with Gasteiger partial charge in [0.2, 0.25) is 0 Å². The lowest BCUT2D eigenvalue weighted by Crippen LogP contribution is -2.21. The third-order valence-electron chi connectivity index (χ3n) is 3.11. The van der Waals surface area contributed by atoms with Gasteiger partial charge in [-0.05, 0) is 48.9 Å². The van der Waals surface area contributed by atoms with Crippen molar-refractivity contribution in [3.63, 3.8) is 0 Å². The molecule has 2 nitrogen and oxygen atoms in total.